The van der Waals surface area contributed by atoms with Gasteiger partial charge < -0.3 is 0 Å². The number of ketones is 1. The quantitative estimate of drug-likeness (QED) is 0.808. The van der Waals surface area contributed by atoms with Gasteiger partial charge in [-0.2, -0.15) is 0 Å². The molecular formula is C17H15NO. The van der Waals surface area contributed by atoms with Gasteiger partial charge in [0.2, 0.25) is 0 Å². The van der Waals surface area contributed by atoms with Crippen LogP contribution in [0.5, 0.6) is 0 Å². The Balaban J connectivity index is 1.99. The summed E-state index contributed by atoms with van der Waals surface area (Å²) in [6, 6.07) is 14.3. The van der Waals surface area contributed by atoms with Gasteiger partial charge in [0, 0.05) is 12.6 Å². The number of allylic oxidation sites excluding steroid dienone is 2. The second kappa shape index (κ2) is 5.19. The van der Waals surface area contributed by atoms with Gasteiger partial charge in [0.25, 0.3) is 0 Å². The summed E-state index contributed by atoms with van der Waals surface area (Å²) in [4.78, 5) is 15.9. The highest BCUT2D eigenvalue weighted by molar-refractivity contribution is 5.98. The second-order valence-corrected chi connectivity index (χ2v) is 4.79. The Bertz CT molecular complexity index is 629. The van der Waals surface area contributed by atoms with Crippen molar-refractivity contribution < 1.29 is 4.79 Å². The van der Waals surface area contributed by atoms with Gasteiger partial charge in [-0.1, -0.05) is 30.3 Å². The molecule has 0 fully saturated rings. The first-order valence-corrected chi connectivity index (χ1v) is 6.58. The Labute approximate surface area is 112 Å². The molecule has 0 amide bonds. The first kappa shape index (κ1) is 11.8. The maximum absolute atomic E-state index is 11.5. The monoisotopic (exact) mass is 249 g/mol. The minimum absolute atomic E-state index is 0.216. The molecule has 1 aromatic carbocycles. The molecule has 0 atom stereocenters. The molecule has 19 heavy (non-hydrogen) atoms. The topological polar surface area (TPSA) is 30.0 Å². The number of carbonyl (C=O) groups is 1. The minimum Gasteiger partial charge on any atom is -0.295 e. The van der Waals surface area contributed by atoms with Crippen LogP contribution in [0.4, 0.5) is 0 Å². The lowest BCUT2D eigenvalue weighted by Crippen LogP contribution is -2.03. The summed E-state index contributed by atoms with van der Waals surface area (Å²) < 4.78 is 0. The van der Waals surface area contributed by atoms with Crippen LogP contribution in [0.2, 0.25) is 0 Å². The number of hydrogen-bond donors (Lipinski definition) is 0. The van der Waals surface area contributed by atoms with Crippen LogP contribution < -0.4 is 0 Å². The normalized spacial score (nSPS) is 15.2. The van der Waals surface area contributed by atoms with Crippen LogP contribution in [-0.2, 0) is 4.79 Å². The lowest BCUT2D eigenvalue weighted by atomic mass is 9.94. The average Bonchev–Trinajstić information content (AvgIpc) is 2.48. The third kappa shape index (κ3) is 2.63. The molecule has 0 aliphatic heterocycles. The van der Waals surface area contributed by atoms with E-state index in [0.29, 0.717) is 6.42 Å². The standard InChI is InChI=1S/C17H15NO/c19-16-8-4-7-15(11-16)17-12-14(9-10-18-17)13-5-2-1-3-6-13/h1-3,5-6,9-12H,4,7-8H2. The molecular weight excluding hydrogens is 234 g/mol. The summed E-state index contributed by atoms with van der Waals surface area (Å²) in [5.41, 5.74) is 4.31. The van der Waals surface area contributed by atoms with Crippen LogP contribution in [-0.4, -0.2) is 10.8 Å². The number of aromatic nitrogens is 1. The molecule has 0 unspecified atom stereocenters. The number of hydrogen-bond acceptors (Lipinski definition) is 2. The highest BCUT2D eigenvalue weighted by Crippen LogP contribution is 2.27. The molecule has 1 heterocycles. The summed E-state index contributed by atoms with van der Waals surface area (Å²) in [6.45, 7) is 0. The number of nitrogens with zero attached hydrogens (tertiary/aromatic N) is 1. The van der Waals surface area contributed by atoms with Gasteiger partial charge in [-0.25, -0.2) is 0 Å². The van der Waals surface area contributed by atoms with Crippen molar-refractivity contribution in [3.63, 3.8) is 0 Å². The van der Waals surface area contributed by atoms with E-state index in [9.17, 15) is 4.79 Å². The molecule has 0 spiro atoms. The van der Waals surface area contributed by atoms with Crippen molar-refractivity contribution in [3.05, 3.63) is 60.4 Å². The fraction of sp³-hybridized carbons (Fsp3) is 0.176. The zero-order chi connectivity index (χ0) is 13.1. The number of rotatable bonds is 2. The Hall–Kier alpha value is -2.22. The fourth-order valence-electron chi connectivity index (χ4n) is 2.41. The van der Waals surface area contributed by atoms with Gasteiger partial charge in [-0.3, -0.25) is 9.78 Å². The van der Waals surface area contributed by atoms with Gasteiger partial charge in [0.15, 0.2) is 5.78 Å². The molecule has 0 bridgehead atoms. The van der Waals surface area contributed by atoms with Crippen molar-refractivity contribution in [2.45, 2.75) is 19.3 Å². The Morgan fingerprint density at radius 2 is 1.79 bits per heavy atom. The minimum atomic E-state index is 0.216. The maximum atomic E-state index is 11.5. The van der Waals surface area contributed by atoms with Crippen LogP contribution in [0, 0.1) is 0 Å². The number of benzene rings is 1. The molecule has 2 aromatic rings. The molecule has 0 N–H and O–H groups in total. The first-order chi connectivity index (χ1) is 9.33. The molecule has 0 saturated carbocycles. The third-order valence-corrected chi connectivity index (χ3v) is 3.40. The lowest BCUT2D eigenvalue weighted by molar-refractivity contribution is -0.114. The zero-order valence-electron chi connectivity index (χ0n) is 10.7. The average molecular weight is 249 g/mol. The summed E-state index contributed by atoms with van der Waals surface area (Å²) in [5, 5.41) is 0. The molecule has 0 saturated heterocycles. The van der Waals surface area contributed by atoms with Crippen molar-refractivity contribution in [2.75, 3.05) is 0 Å². The summed E-state index contributed by atoms with van der Waals surface area (Å²) in [5.74, 6) is 0.216. The summed E-state index contributed by atoms with van der Waals surface area (Å²) >= 11 is 0. The van der Waals surface area contributed by atoms with Gasteiger partial charge in [-0.15, -0.1) is 0 Å². The Morgan fingerprint density at radius 3 is 2.58 bits per heavy atom. The number of carbonyl (C=O) groups excluding carboxylic acids is 1. The van der Waals surface area contributed by atoms with E-state index in [1.165, 1.54) is 5.56 Å². The SMILES string of the molecule is O=C1C=C(c2cc(-c3ccccc3)ccn2)CCC1. The van der Waals surface area contributed by atoms with Crippen LogP contribution in [0.3, 0.4) is 0 Å². The van der Waals surface area contributed by atoms with E-state index in [1.807, 2.05) is 30.5 Å². The molecule has 2 heteroatoms. The van der Waals surface area contributed by atoms with Crippen LogP contribution in [0.1, 0.15) is 25.0 Å². The van der Waals surface area contributed by atoms with Gasteiger partial charge in [0.1, 0.15) is 0 Å². The highest BCUT2D eigenvalue weighted by atomic mass is 16.1. The smallest absolute Gasteiger partial charge is 0.156 e. The van der Waals surface area contributed by atoms with Crippen molar-refractivity contribution >= 4 is 11.4 Å². The zero-order valence-corrected chi connectivity index (χ0v) is 10.7. The molecule has 1 aliphatic rings. The lowest BCUT2D eigenvalue weighted by Gasteiger charge is -2.12. The molecule has 2 nitrogen and oxygen atoms in total. The van der Waals surface area contributed by atoms with Crippen molar-refractivity contribution in [2.24, 2.45) is 0 Å². The molecule has 94 valence electrons. The van der Waals surface area contributed by atoms with E-state index in [1.54, 1.807) is 6.08 Å². The van der Waals surface area contributed by atoms with E-state index in [2.05, 4.69) is 23.2 Å². The molecule has 1 aliphatic carbocycles. The van der Waals surface area contributed by atoms with Crippen LogP contribution in [0.25, 0.3) is 16.7 Å². The van der Waals surface area contributed by atoms with Gasteiger partial charge >= 0.3 is 0 Å². The van der Waals surface area contributed by atoms with Crippen LogP contribution >= 0.6 is 0 Å². The van der Waals surface area contributed by atoms with E-state index in [0.717, 1.165) is 29.7 Å². The Kier molecular flexibility index (Phi) is 3.23. The van der Waals surface area contributed by atoms with Gasteiger partial charge in [0.05, 0.1) is 5.69 Å². The summed E-state index contributed by atoms with van der Waals surface area (Å²) in [7, 11) is 0. The molecule has 0 radical (unpaired) electrons. The molecule has 3 rings (SSSR count). The van der Waals surface area contributed by atoms with E-state index < -0.39 is 0 Å². The predicted octanol–water partition coefficient (Wildman–Crippen LogP) is 3.89. The van der Waals surface area contributed by atoms with Crippen LogP contribution in [0.15, 0.2) is 54.7 Å². The van der Waals surface area contributed by atoms with Crippen molar-refractivity contribution in [1.82, 2.24) is 4.98 Å². The second-order valence-electron chi connectivity index (χ2n) is 4.79. The first-order valence-electron chi connectivity index (χ1n) is 6.58. The maximum Gasteiger partial charge on any atom is 0.156 e. The Morgan fingerprint density at radius 1 is 0.947 bits per heavy atom. The third-order valence-electron chi connectivity index (χ3n) is 3.40. The fourth-order valence-corrected chi connectivity index (χ4v) is 2.41. The number of pyridine rings is 1. The van der Waals surface area contributed by atoms with Crippen molar-refractivity contribution in [3.8, 4) is 11.1 Å². The predicted molar refractivity (Wildman–Crippen MR) is 76.5 cm³/mol. The van der Waals surface area contributed by atoms with E-state index >= 15 is 0 Å². The van der Waals surface area contributed by atoms with E-state index in [4.69, 9.17) is 0 Å². The van der Waals surface area contributed by atoms with Crippen molar-refractivity contribution in [1.29, 1.82) is 0 Å². The largest absolute Gasteiger partial charge is 0.295 e. The van der Waals surface area contributed by atoms with Gasteiger partial charge in [-0.05, 0) is 47.8 Å². The summed E-state index contributed by atoms with van der Waals surface area (Å²) in [6.07, 6.45) is 6.11. The van der Waals surface area contributed by atoms with E-state index in [-0.39, 0.29) is 5.78 Å². The highest BCUT2D eigenvalue weighted by Gasteiger charge is 2.13. The molecule has 1 aromatic heterocycles.